The Morgan fingerprint density at radius 1 is 1.03 bits per heavy atom. The van der Waals surface area contributed by atoms with Crippen LogP contribution in [0.3, 0.4) is 0 Å². The average Bonchev–Trinajstić information content (AvgIpc) is 3.45. The predicted octanol–water partition coefficient (Wildman–Crippen LogP) is 4.91. The van der Waals surface area contributed by atoms with Gasteiger partial charge in [0.15, 0.2) is 11.5 Å². The van der Waals surface area contributed by atoms with Crippen molar-refractivity contribution in [2.75, 3.05) is 25.7 Å². The lowest BCUT2D eigenvalue weighted by atomic mass is 9.95. The van der Waals surface area contributed by atoms with Crippen LogP contribution in [-0.4, -0.2) is 47.6 Å². The molecule has 1 atom stereocenters. The van der Waals surface area contributed by atoms with Crippen LogP contribution in [0.5, 0.6) is 17.2 Å². The Bertz CT molecular complexity index is 1590. The first-order valence-electron chi connectivity index (χ1n) is 12.1. The average molecular weight is 514 g/mol. The third-order valence-electron chi connectivity index (χ3n) is 6.44. The number of carbonyl (C=O) groups is 2. The third kappa shape index (κ3) is 4.21. The summed E-state index contributed by atoms with van der Waals surface area (Å²) in [6.07, 6.45) is 0. The molecular formula is C29H27N3O6. The zero-order valence-electron chi connectivity index (χ0n) is 21.4. The number of H-pyrrole nitrogens is 1. The molecule has 0 bridgehead atoms. The lowest BCUT2D eigenvalue weighted by molar-refractivity contribution is -0.132. The van der Waals surface area contributed by atoms with E-state index >= 15 is 0 Å². The molecule has 9 heteroatoms. The van der Waals surface area contributed by atoms with Crippen molar-refractivity contribution in [3.05, 3.63) is 82.9 Å². The van der Waals surface area contributed by atoms with Gasteiger partial charge in [0.2, 0.25) is 5.95 Å². The smallest absolute Gasteiger partial charge is 0.302 e. The van der Waals surface area contributed by atoms with E-state index < -0.39 is 17.7 Å². The number of rotatable bonds is 7. The van der Waals surface area contributed by atoms with E-state index in [1.165, 1.54) is 19.1 Å². The number of aryl methyl sites for hydroxylation is 1. The Morgan fingerprint density at radius 3 is 2.55 bits per heavy atom. The van der Waals surface area contributed by atoms with E-state index in [-0.39, 0.29) is 17.3 Å². The van der Waals surface area contributed by atoms with Crippen LogP contribution in [0.4, 0.5) is 5.95 Å². The van der Waals surface area contributed by atoms with Crippen molar-refractivity contribution >= 4 is 34.4 Å². The minimum Gasteiger partial charge on any atom is -0.507 e. The summed E-state index contributed by atoms with van der Waals surface area (Å²) in [4.78, 5) is 36.1. The van der Waals surface area contributed by atoms with Crippen molar-refractivity contribution in [2.24, 2.45) is 0 Å². The first-order chi connectivity index (χ1) is 18.4. The second-order valence-corrected chi connectivity index (χ2v) is 8.83. The molecule has 0 saturated carbocycles. The first-order valence-corrected chi connectivity index (χ1v) is 12.1. The molecule has 0 radical (unpaired) electrons. The van der Waals surface area contributed by atoms with Crippen LogP contribution in [0.1, 0.15) is 29.7 Å². The van der Waals surface area contributed by atoms with Crippen molar-refractivity contribution in [3.8, 4) is 17.2 Å². The second kappa shape index (κ2) is 9.93. The summed E-state index contributed by atoms with van der Waals surface area (Å²) in [6, 6.07) is 16.5. The normalized spacial score (nSPS) is 16.7. The van der Waals surface area contributed by atoms with Crippen molar-refractivity contribution in [1.82, 2.24) is 9.97 Å². The van der Waals surface area contributed by atoms with Crippen LogP contribution < -0.4 is 19.1 Å². The molecule has 1 saturated heterocycles. The molecule has 2 N–H and O–H groups in total. The molecule has 3 aromatic carbocycles. The number of hydrogen-bond donors (Lipinski definition) is 2. The first kappa shape index (κ1) is 24.9. The molecule has 0 spiro atoms. The second-order valence-electron chi connectivity index (χ2n) is 8.83. The van der Waals surface area contributed by atoms with Crippen LogP contribution in [0, 0.1) is 6.92 Å². The van der Waals surface area contributed by atoms with Gasteiger partial charge in [-0.2, -0.15) is 0 Å². The van der Waals surface area contributed by atoms with Crippen molar-refractivity contribution < 1.29 is 28.9 Å². The van der Waals surface area contributed by atoms with Crippen molar-refractivity contribution in [1.29, 1.82) is 0 Å². The van der Waals surface area contributed by atoms with Gasteiger partial charge in [-0.25, -0.2) is 4.98 Å². The van der Waals surface area contributed by atoms with E-state index in [1.54, 1.807) is 42.5 Å². The molecule has 194 valence electrons. The molecule has 5 rings (SSSR count). The molecule has 38 heavy (non-hydrogen) atoms. The summed E-state index contributed by atoms with van der Waals surface area (Å²) in [5.41, 5.74) is 3.17. The Kier molecular flexibility index (Phi) is 6.50. The molecule has 4 aromatic rings. The van der Waals surface area contributed by atoms with Gasteiger partial charge < -0.3 is 24.3 Å². The zero-order valence-corrected chi connectivity index (χ0v) is 21.4. The number of fused-ring (bicyclic) bond motifs is 1. The standard InChI is InChI=1S/C29H27N3O6/c1-5-38-19-8-6-7-18(14-19)26(33)24-25(17-10-12-22(36-3)23(15-17)37-4)32(28(35)27(24)34)29-30-20-11-9-16(2)13-21(20)31-29/h6-15,25,33H,5H2,1-4H3,(H,30,31)/b26-24+. The van der Waals surface area contributed by atoms with Crippen LogP contribution in [0.15, 0.2) is 66.2 Å². The summed E-state index contributed by atoms with van der Waals surface area (Å²) in [5, 5.41) is 11.4. The number of ketones is 1. The molecule has 1 fully saturated rings. The number of aliphatic hydroxyl groups is 1. The maximum Gasteiger partial charge on any atom is 0.302 e. The number of nitrogens with one attached hydrogen (secondary N) is 1. The number of benzene rings is 3. The minimum absolute atomic E-state index is 0.0764. The van der Waals surface area contributed by atoms with E-state index in [0.29, 0.717) is 40.5 Å². The van der Waals surface area contributed by atoms with E-state index in [0.717, 1.165) is 11.1 Å². The highest BCUT2D eigenvalue weighted by Gasteiger charge is 2.48. The number of imidazole rings is 1. The van der Waals surface area contributed by atoms with E-state index in [4.69, 9.17) is 14.2 Å². The van der Waals surface area contributed by atoms with Crippen LogP contribution >= 0.6 is 0 Å². The van der Waals surface area contributed by atoms with Gasteiger partial charge in [0, 0.05) is 5.56 Å². The molecule has 1 unspecified atom stereocenters. The lowest BCUT2D eigenvalue weighted by Gasteiger charge is -2.24. The fourth-order valence-corrected chi connectivity index (χ4v) is 4.67. The molecular weight excluding hydrogens is 486 g/mol. The minimum atomic E-state index is -0.993. The molecule has 0 aliphatic carbocycles. The fraction of sp³-hybridized carbons (Fsp3) is 0.207. The number of carbonyl (C=O) groups excluding carboxylic acids is 2. The van der Waals surface area contributed by atoms with Gasteiger partial charge in [-0.1, -0.05) is 24.3 Å². The molecule has 9 nitrogen and oxygen atoms in total. The number of anilines is 1. The molecule has 1 aliphatic heterocycles. The quantitative estimate of drug-likeness (QED) is 0.205. The Morgan fingerprint density at radius 2 is 1.82 bits per heavy atom. The third-order valence-corrected chi connectivity index (χ3v) is 6.44. The maximum absolute atomic E-state index is 13.5. The number of ether oxygens (including phenoxy) is 3. The van der Waals surface area contributed by atoms with Gasteiger partial charge in [0.1, 0.15) is 11.5 Å². The van der Waals surface area contributed by atoms with Gasteiger partial charge in [0.05, 0.1) is 43.5 Å². The van der Waals surface area contributed by atoms with Gasteiger partial charge in [-0.3, -0.25) is 14.5 Å². The Balaban J connectivity index is 1.73. The molecule has 1 amide bonds. The SMILES string of the molecule is CCOc1cccc(/C(O)=C2\C(=O)C(=O)N(c3nc4ccc(C)cc4[nH]3)C2c2ccc(OC)c(OC)c2)c1. The number of Topliss-reactive ketones (excluding diaryl/α,β-unsaturated/α-hetero) is 1. The summed E-state index contributed by atoms with van der Waals surface area (Å²) in [6.45, 7) is 4.24. The van der Waals surface area contributed by atoms with E-state index in [1.807, 2.05) is 32.0 Å². The van der Waals surface area contributed by atoms with Crippen LogP contribution in [0.2, 0.25) is 0 Å². The number of hydrogen-bond acceptors (Lipinski definition) is 7. The Hall–Kier alpha value is -4.79. The fourth-order valence-electron chi connectivity index (χ4n) is 4.67. The Labute approximate surface area is 219 Å². The van der Waals surface area contributed by atoms with Gasteiger partial charge in [0.25, 0.3) is 5.78 Å². The number of methoxy groups -OCH3 is 2. The highest BCUT2D eigenvalue weighted by Crippen LogP contribution is 2.44. The van der Waals surface area contributed by atoms with Gasteiger partial charge in [-0.15, -0.1) is 0 Å². The molecule has 2 heterocycles. The summed E-state index contributed by atoms with van der Waals surface area (Å²) < 4.78 is 16.4. The van der Waals surface area contributed by atoms with Gasteiger partial charge >= 0.3 is 5.91 Å². The van der Waals surface area contributed by atoms with Crippen LogP contribution in [0.25, 0.3) is 16.8 Å². The van der Waals surface area contributed by atoms with Crippen LogP contribution in [-0.2, 0) is 9.59 Å². The van der Waals surface area contributed by atoms with E-state index in [2.05, 4.69) is 9.97 Å². The number of aromatic amines is 1. The number of aliphatic hydroxyl groups excluding tert-OH is 1. The maximum atomic E-state index is 13.5. The highest BCUT2D eigenvalue weighted by molar-refractivity contribution is 6.51. The molecule has 1 aliphatic rings. The number of amides is 1. The summed E-state index contributed by atoms with van der Waals surface area (Å²) in [7, 11) is 3.02. The van der Waals surface area contributed by atoms with Crippen molar-refractivity contribution in [3.63, 3.8) is 0 Å². The largest absolute Gasteiger partial charge is 0.507 e. The van der Waals surface area contributed by atoms with E-state index in [9.17, 15) is 14.7 Å². The number of aromatic nitrogens is 2. The van der Waals surface area contributed by atoms with Gasteiger partial charge in [-0.05, 0) is 61.4 Å². The summed E-state index contributed by atoms with van der Waals surface area (Å²) in [5.74, 6) is -0.357. The molecule has 1 aromatic heterocycles. The lowest BCUT2D eigenvalue weighted by Crippen LogP contribution is -2.30. The highest BCUT2D eigenvalue weighted by atomic mass is 16.5. The summed E-state index contributed by atoms with van der Waals surface area (Å²) >= 11 is 0. The predicted molar refractivity (Wildman–Crippen MR) is 143 cm³/mol. The topological polar surface area (TPSA) is 114 Å². The van der Waals surface area contributed by atoms with Crippen molar-refractivity contribution in [2.45, 2.75) is 19.9 Å². The number of nitrogens with zero attached hydrogens (tertiary/aromatic N) is 2. The monoisotopic (exact) mass is 513 g/mol. The zero-order chi connectivity index (χ0) is 27.0.